The summed E-state index contributed by atoms with van der Waals surface area (Å²) in [7, 11) is 0. The van der Waals surface area contributed by atoms with Crippen LogP contribution in [0.5, 0.6) is 0 Å². The van der Waals surface area contributed by atoms with Gasteiger partial charge in [-0.05, 0) is 74.2 Å². The molecule has 0 aliphatic heterocycles. The van der Waals surface area contributed by atoms with Crippen LogP contribution in [0.15, 0.2) is 91.1 Å². The summed E-state index contributed by atoms with van der Waals surface area (Å²) in [6.45, 7) is 8.93. The number of aromatic nitrogens is 4. The van der Waals surface area contributed by atoms with Gasteiger partial charge in [-0.2, -0.15) is 0 Å². The van der Waals surface area contributed by atoms with Gasteiger partial charge in [-0.25, -0.2) is 15.0 Å². The number of anilines is 1. The summed E-state index contributed by atoms with van der Waals surface area (Å²) >= 11 is 0. The van der Waals surface area contributed by atoms with E-state index in [1.54, 1.807) is 0 Å². The standard InChI is InChI=1S/C30H31N5/c1-5-8-21(3)16-26(9-6-2)30-34-19-23(20-35-30)18-33-29-22(4)27(13-15-32-29)24-11-12-28-25(17-24)10-7-14-31-28/h6-17,19-20H,5,18H2,1-4H3,(H,32,33)/b9-6-,21-8+,26-16+. The zero-order valence-corrected chi connectivity index (χ0v) is 20.8. The fourth-order valence-corrected chi connectivity index (χ4v) is 4.04. The van der Waals surface area contributed by atoms with Crippen LogP contribution in [0.4, 0.5) is 5.82 Å². The first kappa shape index (κ1) is 24.0. The molecule has 35 heavy (non-hydrogen) atoms. The van der Waals surface area contributed by atoms with Crippen LogP contribution in [-0.4, -0.2) is 19.9 Å². The lowest BCUT2D eigenvalue weighted by Gasteiger charge is -2.13. The van der Waals surface area contributed by atoms with E-state index < -0.39 is 0 Å². The van der Waals surface area contributed by atoms with Crippen LogP contribution in [0.2, 0.25) is 0 Å². The second kappa shape index (κ2) is 11.3. The number of pyridine rings is 2. The number of allylic oxidation sites excluding steroid dienone is 6. The minimum atomic E-state index is 0.594. The summed E-state index contributed by atoms with van der Waals surface area (Å²) in [5, 5.41) is 4.58. The van der Waals surface area contributed by atoms with Gasteiger partial charge in [-0.1, -0.05) is 42.9 Å². The lowest BCUT2D eigenvalue weighted by molar-refractivity contribution is 1.02. The molecule has 0 aliphatic rings. The Bertz CT molecular complexity index is 1400. The molecule has 0 atom stereocenters. The monoisotopic (exact) mass is 461 g/mol. The molecule has 1 N–H and O–H groups in total. The van der Waals surface area contributed by atoms with Gasteiger partial charge in [0.1, 0.15) is 5.82 Å². The highest BCUT2D eigenvalue weighted by molar-refractivity contribution is 5.85. The number of nitrogens with zero attached hydrogens (tertiary/aromatic N) is 4. The molecule has 4 rings (SSSR count). The highest BCUT2D eigenvalue weighted by Gasteiger charge is 2.09. The maximum absolute atomic E-state index is 4.62. The molecule has 0 aliphatic carbocycles. The zero-order valence-electron chi connectivity index (χ0n) is 20.8. The summed E-state index contributed by atoms with van der Waals surface area (Å²) in [5.41, 5.74) is 7.61. The molecule has 0 amide bonds. The van der Waals surface area contributed by atoms with E-state index in [4.69, 9.17) is 0 Å². The lowest BCUT2D eigenvalue weighted by atomic mass is 10.00. The molecule has 3 heterocycles. The highest BCUT2D eigenvalue weighted by Crippen LogP contribution is 2.29. The Labute approximate surface area is 207 Å². The highest BCUT2D eigenvalue weighted by atomic mass is 15.0. The van der Waals surface area contributed by atoms with Gasteiger partial charge in [0.15, 0.2) is 5.82 Å². The van der Waals surface area contributed by atoms with Crippen molar-refractivity contribution in [3.63, 3.8) is 0 Å². The molecule has 5 nitrogen and oxygen atoms in total. The third-order valence-corrected chi connectivity index (χ3v) is 5.80. The van der Waals surface area contributed by atoms with Crippen molar-refractivity contribution < 1.29 is 0 Å². The van der Waals surface area contributed by atoms with Crippen LogP contribution in [0.25, 0.3) is 27.6 Å². The Morgan fingerprint density at radius 1 is 1.00 bits per heavy atom. The fraction of sp³-hybridized carbons (Fsp3) is 0.200. The smallest absolute Gasteiger partial charge is 0.159 e. The Balaban J connectivity index is 1.51. The summed E-state index contributed by atoms with van der Waals surface area (Å²) in [6.07, 6.45) is 16.8. The first-order valence-electron chi connectivity index (χ1n) is 12.0. The van der Waals surface area contributed by atoms with E-state index in [1.807, 2.05) is 49.9 Å². The van der Waals surface area contributed by atoms with E-state index in [0.29, 0.717) is 6.54 Å². The first-order valence-corrected chi connectivity index (χ1v) is 12.0. The van der Waals surface area contributed by atoms with Gasteiger partial charge in [-0.3, -0.25) is 4.98 Å². The molecule has 5 heteroatoms. The molecule has 176 valence electrons. The quantitative estimate of drug-likeness (QED) is 0.278. The molecule has 0 saturated heterocycles. The molecule has 0 radical (unpaired) electrons. The molecule has 0 fully saturated rings. The van der Waals surface area contributed by atoms with Crippen molar-refractivity contribution in [3.05, 3.63) is 108 Å². The number of hydrogen-bond acceptors (Lipinski definition) is 5. The van der Waals surface area contributed by atoms with E-state index in [1.165, 1.54) is 5.57 Å². The maximum atomic E-state index is 4.62. The zero-order chi connectivity index (χ0) is 24.6. The van der Waals surface area contributed by atoms with Crippen molar-refractivity contribution in [1.29, 1.82) is 0 Å². The maximum Gasteiger partial charge on any atom is 0.159 e. The van der Waals surface area contributed by atoms with Crippen LogP contribution < -0.4 is 5.32 Å². The number of fused-ring (bicyclic) bond motifs is 1. The SMILES string of the molecule is C\C=C/C(=C\C(C)=C\CC)c1ncc(CNc2nccc(-c3ccc4ncccc4c3)c2C)cn1. The Morgan fingerprint density at radius 2 is 1.83 bits per heavy atom. The molecular formula is C30H31N5. The number of hydrogen-bond donors (Lipinski definition) is 1. The van der Waals surface area contributed by atoms with Crippen LogP contribution >= 0.6 is 0 Å². The Hall–Kier alpha value is -4.12. The first-order chi connectivity index (χ1) is 17.1. The van der Waals surface area contributed by atoms with Gasteiger partial charge >= 0.3 is 0 Å². The van der Waals surface area contributed by atoms with Gasteiger partial charge < -0.3 is 5.32 Å². The van der Waals surface area contributed by atoms with Crippen molar-refractivity contribution >= 4 is 22.3 Å². The molecule has 1 aromatic carbocycles. The van der Waals surface area contributed by atoms with Crippen LogP contribution in [-0.2, 0) is 6.54 Å². The van der Waals surface area contributed by atoms with E-state index >= 15 is 0 Å². The number of nitrogens with one attached hydrogen (secondary N) is 1. The molecule has 4 aromatic rings. The Kier molecular flexibility index (Phi) is 7.78. The van der Waals surface area contributed by atoms with Gasteiger partial charge in [0, 0.05) is 47.9 Å². The van der Waals surface area contributed by atoms with Gasteiger partial charge in [0.2, 0.25) is 0 Å². The predicted octanol–water partition coefficient (Wildman–Crippen LogP) is 7.32. The average molecular weight is 462 g/mol. The average Bonchev–Trinajstić information content (AvgIpc) is 2.88. The van der Waals surface area contributed by atoms with Gasteiger partial charge in [-0.15, -0.1) is 0 Å². The number of rotatable bonds is 8. The van der Waals surface area contributed by atoms with Crippen molar-refractivity contribution in [1.82, 2.24) is 19.9 Å². The minimum absolute atomic E-state index is 0.594. The number of benzene rings is 1. The fourth-order valence-electron chi connectivity index (χ4n) is 4.04. The molecule has 0 unspecified atom stereocenters. The molecular weight excluding hydrogens is 430 g/mol. The van der Waals surface area contributed by atoms with Gasteiger partial charge in [0.05, 0.1) is 5.52 Å². The van der Waals surface area contributed by atoms with E-state index in [-0.39, 0.29) is 0 Å². The Morgan fingerprint density at radius 3 is 2.60 bits per heavy atom. The van der Waals surface area contributed by atoms with E-state index in [9.17, 15) is 0 Å². The third-order valence-electron chi connectivity index (χ3n) is 5.80. The topological polar surface area (TPSA) is 63.6 Å². The third kappa shape index (κ3) is 5.87. The predicted molar refractivity (Wildman–Crippen MR) is 146 cm³/mol. The summed E-state index contributed by atoms with van der Waals surface area (Å²) < 4.78 is 0. The summed E-state index contributed by atoms with van der Waals surface area (Å²) in [4.78, 5) is 18.2. The van der Waals surface area contributed by atoms with E-state index in [2.05, 4.69) is 88.5 Å². The summed E-state index contributed by atoms with van der Waals surface area (Å²) in [6, 6.07) is 12.5. The van der Waals surface area contributed by atoms with Crippen molar-refractivity contribution in [3.8, 4) is 11.1 Å². The van der Waals surface area contributed by atoms with Crippen LogP contribution in [0.3, 0.4) is 0 Å². The van der Waals surface area contributed by atoms with Crippen LogP contribution in [0.1, 0.15) is 44.1 Å². The molecule has 3 aromatic heterocycles. The molecule has 0 saturated carbocycles. The van der Waals surface area contributed by atoms with Crippen molar-refractivity contribution in [2.45, 2.75) is 40.7 Å². The normalized spacial score (nSPS) is 12.5. The second-order valence-electron chi connectivity index (χ2n) is 8.47. The van der Waals surface area contributed by atoms with E-state index in [0.717, 1.165) is 56.8 Å². The molecule has 0 bridgehead atoms. The van der Waals surface area contributed by atoms with Gasteiger partial charge in [0.25, 0.3) is 0 Å². The lowest BCUT2D eigenvalue weighted by Crippen LogP contribution is -2.05. The van der Waals surface area contributed by atoms with Crippen molar-refractivity contribution in [2.24, 2.45) is 0 Å². The second-order valence-corrected chi connectivity index (χ2v) is 8.47. The summed E-state index contributed by atoms with van der Waals surface area (Å²) in [5.74, 6) is 1.57. The van der Waals surface area contributed by atoms with Crippen molar-refractivity contribution in [2.75, 3.05) is 5.32 Å². The molecule has 0 spiro atoms. The largest absolute Gasteiger partial charge is 0.366 e. The van der Waals surface area contributed by atoms with Crippen LogP contribution in [0, 0.1) is 6.92 Å². The minimum Gasteiger partial charge on any atom is -0.366 e.